The lowest BCUT2D eigenvalue weighted by Crippen LogP contribution is -2.27. The number of carbonyl (C=O) groups excluding carboxylic acids is 1. The Morgan fingerprint density at radius 1 is 1.11 bits per heavy atom. The van der Waals surface area contributed by atoms with Gasteiger partial charge in [0.05, 0.1) is 20.6 Å². The molecular weight excluding hydrogens is 246 g/mol. The first-order chi connectivity index (χ1) is 9.15. The largest absolute Gasteiger partial charge is 0.497 e. The van der Waals surface area contributed by atoms with Gasteiger partial charge in [-0.1, -0.05) is 0 Å². The molecule has 1 aromatic rings. The van der Waals surface area contributed by atoms with Gasteiger partial charge in [0, 0.05) is 13.1 Å². The molecule has 0 saturated heterocycles. The molecule has 0 aliphatic rings. The van der Waals surface area contributed by atoms with Crippen LogP contribution in [-0.4, -0.2) is 51.8 Å². The zero-order chi connectivity index (χ0) is 14.1. The van der Waals surface area contributed by atoms with Crippen molar-refractivity contribution in [2.45, 2.75) is 6.42 Å². The van der Waals surface area contributed by atoms with Crippen molar-refractivity contribution in [3.8, 4) is 11.5 Å². The fraction of sp³-hybridized carbons (Fsp3) is 0.500. The van der Waals surface area contributed by atoms with Crippen LogP contribution < -0.4 is 9.47 Å². The number of esters is 1. The van der Waals surface area contributed by atoms with Gasteiger partial charge in [-0.3, -0.25) is 4.79 Å². The van der Waals surface area contributed by atoms with E-state index in [0.29, 0.717) is 19.6 Å². The van der Waals surface area contributed by atoms with Crippen molar-refractivity contribution in [3.63, 3.8) is 0 Å². The molecule has 1 rings (SSSR count). The highest BCUT2D eigenvalue weighted by atomic mass is 16.5. The summed E-state index contributed by atoms with van der Waals surface area (Å²) in [7, 11) is 4.97. The SMILES string of the molecule is COC(=O)CCN(C)CCOc1ccc(OC)cc1. The number of carbonyl (C=O) groups is 1. The molecule has 0 spiro atoms. The molecular formula is C14H21NO4. The van der Waals surface area contributed by atoms with Gasteiger partial charge in [0.1, 0.15) is 18.1 Å². The fourth-order valence-electron chi connectivity index (χ4n) is 1.49. The lowest BCUT2D eigenvalue weighted by Gasteiger charge is -2.16. The minimum Gasteiger partial charge on any atom is -0.497 e. The van der Waals surface area contributed by atoms with E-state index in [9.17, 15) is 4.79 Å². The second kappa shape index (κ2) is 8.37. The maximum absolute atomic E-state index is 11.0. The van der Waals surface area contributed by atoms with Crippen molar-refractivity contribution in [2.24, 2.45) is 0 Å². The number of ether oxygens (including phenoxy) is 3. The van der Waals surface area contributed by atoms with Gasteiger partial charge >= 0.3 is 5.97 Å². The summed E-state index contributed by atoms with van der Waals surface area (Å²) in [5, 5.41) is 0. The van der Waals surface area contributed by atoms with E-state index in [1.165, 1.54) is 7.11 Å². The minimum atomic E-state index is -0.192. The number of likely N-dealkylation sites (N-methyl/N-ethyl adjacent to an activating group) is 1. The number of hydrogen-bond acceptors (Lipinski definition) is 5. The minimum absolute atomic E-state index is 0.192. The maximum atomic E-state index is 11.0. The van der Waals surface area contributed by atoms with Crippen molar-refractivity contribution in [1.82, 2.24) is 4.90 Å². The third kappa shape index (κ3) is 6.10. The lowest BCUT2D eigenvalue weighted by atomic mass is 10.3. The van der Waals surface area contributed by atoms with E-state index in [-0.39, 0.29) is 5.97 Å². The smallest absolute Gasteiger partial charge is 0.306 e. The quantitative estimate of drug-likeness (QED) is 0.669. The van der Waals surface area contributed by atoms with Crippen molar-refractivity contribution < 1.29 is 19.0 Å². The molecule has 0 fully saturated rings. The highest BCUT2D eigenvalue weighted by molar-refractivity contribution is 5.69. The molecule has 0 atom stereocenters. The standard InChI is InChI=1S/C14H21NO4/c1-15(9-8-14(16)18-3)10-11-19-13-6-4-12(17-2)5-7-13/h4-7H,8-11H2,1-3H3. The summed E-state index contributed by atoms with van der Waals surface area (Å²) in [5.41, 5.74) is 0. The van der Waals surface area contributed by atoms with Gasteiger partial charge in [-0.2, -0.15) is 0 Å². The highest BCUT2D eigenvalue weighted by Crippen LogP contribution is 2.16. The van der Waals surface area contributed by atoms with Gasteiger partial charge in [-0.25, -0.2) is 0 Å². The van der Waals surface area contributed by atoms with Crippen LogP contribution in [0, 0.1) is 0 Å². The Labute approximate surface area is 114 Å². The van der Waals surface area contributed by atoms with Gasteiger partial charge in [-0.15, -0.1) is 0 Å². The summed E-state index contributed by atoms with van der Waals surface area (Å²) in [6.07, 6.45) is 0.398. The van der Waals surface area contributed by atoms with Gasteiger partial charge in [0.2, 0.25) is 0 Å². The Morgan fingerprint density at radius 2 is 1.74 bits per heavy atom. The predicted molar refractivity (Wildman–Crippen MR) is 72.6 cm³/mol. The van der Waals surface area contributed by atoms with E-state index in [0.717, 1.165) is 18.0 Å². The molecule has 0 N–H and O–H groups in total. The first-order valence-electron chi connectivity index (χ1n) is 6.18. The molecule has 106 valence electrons. The van der Waals surface area contributed by atoms with Crippen LogP contribution in [0.5, 0.6) is 11.5 Å². The third-order valence-electron chi connectivity index (χ3n) is 2.73. The predicted octanol–water partition coefficient (Wildman–Crippen LogP) is 1.57. The average molecular weight is 267 g/mol. The molecule has 0 bridgehead atoms. The molecule has 0 amide bonds. The Bertz CT molecular complexity index is 378. The summed E-state index contributed by atoms with van der Waals surface area (Å²) in [5.74, 6) is 1.42. The fourth-order valence-corrected chi connectivity index (χ4v) is 1.49. The van der Waals surface area contributed by atoms with Crippen LogP contribution in [0.2, 0.25) is 0 Å². The Hall–Kier alpha value is -1.75. The summed E-state index contributed by atoms with van der Waals surface area (Å²) in [6.45, 7) is 1.99. The number of benzene rings is 1. The van der Waals surface area contributed by atoms with Crippen LogP contribution in [0.4, 0.5) is 0 Å². The molecule has 0 aliphatic heterocycles. The Kier molecular flexibility index (Phi) is 6.74. The van der Waals surface area contributed by atoms with E-state index < -0.39 is 0 Å². The van der Waals surface area contributed by atoms with Gasteiger partial charge in [0.15, 0.2) is 0 Å². The second-order valence-electron chi connectivity index (χ2n) is 4.15. The first-order valence-corrected chi connectivity index (χ1v) is 6.18. The van der Waals surface area contributed by atoms with Crippen molar-refractivity contribution in [3.05, 3.63) is 24.3 Å². The summed E-state index contributed by atoms with van der Waals surface area (Å²) >= 11 is 0. The molecule has 0 aliphatic carbocycles. The van der Waals surface area contributed by atoms with Crippen LogP contribution in [0.15, 0.2) is 24.3 Å². The average Bonchev–Trinajstić information content (AvgIpc) is 2.45. The van der Waals surface area contributed by atoms with Crippen LogP contribution in [0.1, 0.15) is 6.42 Å². The zero-order valence-corrected chi connectivity index (χ0v) is 11.7. The molecule has 5 nitrogen and oxygen atoms in total. The lowest BCUT2D eigenvalue weighted by molar-refractivity contribution is -0.140. The Balaban J connectivity index is 2.20. The van der Waals surface area contributed by atoms with Crippen molar-refractivity contribution in [2.75, 3.05) is 41.0 Å². The summed E-state index contributed by atoms with van der Waals surface area (Å²) < 4.78 is 15.3. The molecule has 0 aromatic heterocycles. The van der Waals surface area contributed by atoms with E-state index in [1.807, 2.05) is 36.2 Å². The van der Waals surface area contributed by atoms with Gasteiger partial charge in [-0.05, 0) is 31.3 Å². The molecule has 0 saturated carbocycles. The second-order valence-corrected chi connectivity index (χ2v) is 4.15. The van der Waals surface area contributed by atoms with Crippen molar-refractivity contribution in [1.29, 1.82) is 0 Å². The van der Waals surface area contributed by atoms with E-state index in [4.69, 9.17) is 9.47 Å². The van der Waals surface area contributed by atoms with E-state index in [2.05, 4.69) is 4.74 Å². The maximum Gasteiger partial charge on any atom is 0.306 e. The zero-order valence-electron chi connectivity index (χ0n) is 11.7. The van der Waals surface area contributed by atoms with Crippen molar-refractivity contribution >= 4 is 5.97 Å². The van der Waals surface area contributed by atoms with Crippen LogP contribution >= 0.6 is 0 Å². The molecule has 5 heteroatoms. The van der Waals surface area contributed by atoms with Gasteiger partial charge in [0.25, 0.3) is 0 Å². The van der Waals surface area contributed by atoms with Gasteiger partial charge < -0.3 is 19.1 Å². The van der Waals surface area contributed by atoms with Crippen LogP contribution in [0.25, 0.3) is 0 Å². The number of methoxy groups -OCH3 is 2. The third-order valence-corrected chi connectivity index (χ3v) is 2.73. The molecule has 19 heavy (non-hydrogen) atoms. The Morgan fingerprint density at radius 3 is 2.32 bits per heavy atom. The van der Waals surface area contributed by atoms with E-state index in [1.54, 1.807) is 7.11 Å². The topological polar surface area (TPSA) is 48.0 Å². The molecule has 0 radical (unpaired) electrons. The molecule has 0 heterocycles. The summed E-state index contributed by atoms with van der Waals surface area (Å²) in [6, 6.07) is 7.45. The van der Waals surface area contributed by atoms with Crippen LogP contribution in [-0.2, 0) is 9.53 Å². The van der Waals surface area contributed by atoms with E-state index >= 15 is 0 Å². The molecule has 0 unspecified atom stereocenters. The number of nitrogens with zero attached hydrogens (tertiary/aromatic N) is 1. The summed E-state index contributed by atoms with van der Waals surface area (Å²) in [4.78, 5) is 13.0. The van der Waals surface area contributed by atoms with Crippen LogP contribution in [0.3, 0.4) is 0 Å². The monoisotopic (exact) mass is 267 g/mol. The first kappa shape index (κ1) is 15.3. The number of rotatable bonds is 8. The normalized spacial score (nSPS) is 10.3. The highest BCUT2D eigenvalue weighted by Gasteiger charge is 2.04. The molecule has 1 aromatic carbocycles. The number of hydrogen-bond donors (Lipinski definition) is 0.